The normalized spacial score (nSPS) is 19.7. The molecular formula is C23H26N2O4S. The van der Waals surface area contributed by atoms with Crippen molar-refractivity contribution >= 4 is 23.0 Å². The van der Waals surface area contributed by atoms with E-state index in [0.29, 0.717) is 18.0 Å². The summed E-state index contributed by atoms with van der Waals surface area (Å²) in [5.41, 5.74) is 0.949. The Bertz CT molecular complexity index is 931. The van der Waals surface area contributed by atoms with Crippen molar-refractivity contribution in [2.24, 2.45) is 0 Å². The van der Waals surface area contributed by atoms with Gasteiger partial charge >= 0.3 is 0 Å². The fraction of sp³-hybridized carbons (Fsp3) is 0.391. The number of carbonyl (C=O) groups is 2. The highest BCUT2D eigenvalue weighted by Gasteiger charge is 2.43. The summed E-state index contributed by atoms with van der Waals surface area (Å²) in [7, 11) is 0. The van der Waals surface area contributed by atoms with E-state index >= 15 is 0 Å². The molecule has 4 rings (SSSR count). The molecule has 1 amide bonds. The molecular weight excluding hydrogens is 400 g/mol. The molecule has 1 aromatic heterocycles. The van der Waals surface area contributed by atoms with Gasteiger partial charge in [-0.2, -0.15) is 0 Å². The topological polar surface area (TPSA) is 70.1 Å². The van der Waals surface area contributed by atoms with E-state index in [2.05, 4.69) is 4.90 Å². The molecule has 1 fully saturated rings. The van der Waals surface area contributed by atoms with E-state index in [0.717, 1.165) is 30.9 Å². The number of aliphatic hydroxyl groups excluding tert-OH is 1. The number of hydrogen-bond donors (Lipinski definition) is 1. The third-order valence-corrected chi connectivity index (χ3v) is 6.52. The maximum Gasteiger partial charge on any atom is 0.290 e. The molecule has 1 aromatic carbocycles. The lowest BCUT2D eigenvalue weighted by Gasteiger charge is -2.28. The van der Waals surface area contributed by atoms with Crippen LogP contribution >= 0.6 is 11.3 Å². The van der Waals surface area contributed by atoms with Gasteiger partial charge in [-0.1, -0.05) is 18.2 Å². The molecule has 158 valence electrons. The summed E-state index contributed by atoms with van der Waals surface area (Å²) in [6.45, 7) is 5.72. The maximum atomic E-state index is 13.2. The molecule has 0 radical (unpaired) electrons. The predicted octanol–water partition coefficient (Wildman–Crippen LogP) is 3.82. The summed E-state index contributed by atoms with van der Waals surface area (Å²) in [4.78, 5) is 30.6. The smallest absolute Gasteiger partial charge is 0.290 e. The number of rotatable bonds is 8. The Morgan fingerprint density at radius 3 is 2.53 bits per heavy atom. The van der Waals surface area contributed by atoms with Gasteiger partial charge in [0, 0.05) is 13.1 Å². The van der Waals surface area contributed by atoms with E-state index in [9.17, 15) is 14.7 Å². The average Bonchev–Trinajstić information content (AvgIpc) is 3.50. The van der Waals surface area contributed by atoms with Crippen molar-refractivity contribution in [3.63, 3.8) is 0 Å². The molecule has 1 atom stereocenters. The zero-order valence-electron chi connectivity index (χ0n) is 17.0. The molecule has 6 nitrogen and oxygen atoms in total. The van der Waals surface area contributed by atoms with Crippen LogP contribution in [0.3, 0.4) is 0 Å². The molecule has 1 unspecified atom stereocenters. The number of hydrogen-bond acceptors (Lipinski definition) is 6. The number of nitrogens with zero attached hydrogens (tertiary/aromatic N) is 2. The lowest BCUT2D eigenvalue weighted by atomic mass is 9.95. The second-order valence-electron chi connectivity index (χ2n) is 7.52. The summed E-state index contributed by atoms with van der Waals surface area (Å²) in [6, 6.07) is 10.3. The lowest BCUT2D eigenvalue weighted by Crippen LogP contribution is -2.37. The summed E-state index contributed by atoms with van der Waals surface area (Å²) in [6.07, 6.45) is 2.34. The number of ether oxygens (including phenoxy) is 1. The van der Waals surface area contributed by atoms with Crippen molar-refractivity contribution in [1.29, 1.82) is 0 Å². The molecule has 1 N–H and O–H groups in total. The number of benzene rings is 1. The maximum absolute atomic E-state index is 13.2. The first kappa shape index (κ1) is 20.6. The van der Waals surface area contributed by atoms with Gasteiger partial charge in [0.1, 0.15) is 5.75 Å². The number of Topliss-reactive ketones (excluding diaryl/α,β-unsaturated/α-hetero) is 1. The van der Waals surface area contributed by atoms with Crippen LogP contribution in [0.1, 0.15) is 41.0 Å². The third kappa shape index (κ3) is 4.00. The van der Waals surface area contributed by atoms with Gasteiger partial charge in [-0.05, 0) is 62.0 Å². The molecule has 0 spiro atoms. The summed E-state index contributed by atoms with van der Waals surface area (Å²) in [5, 5.41) is 12.5. The second-order valence-corrected chi connectivity index (χ2v) is 8.47. The SMILES string of the molecule is CCOc1ccc(C2C(C(=O)c3cccs3)=C(O)C(=O)N2CCN2CCCC2)cc1. The van der Waals surface area contributed by atoms with E-state index < -0.39 is 17.7 Å². The van der Waals surface area contributed by atoms with Crippen LogP contribution in [0.4, 0.5) is 0 Å². The molecule has 2 aliphatic rings. The zero-order chi connectivity index (χ0) is 21.1. The van der Waals surface area contributed by atoms with Crippen molar-refractivity contribution in [3.8, 4) is 5.75 Å². The highest BCUT2D eigenvalue weighted by atomic mass is 32.1. The Hall–Kier alpha value is -2.64. The second kappa shape index (κ2) is 9.02. The summed E-state index contributed by atoms with van der Waals surface area (Å²) < 4.78 is 5.53. The Morgan fingerprint density at radius 1 is 1.17 bits per heavy atom. The third-order valence-electron chi connectivity index (χ3n) is 5.66. The van der Waals surface area contributed by atoms with Crippen molar-refractivity contribution in [1.82, 2.24) is 9.80 Å². The van der Waals surface area contributed by atoms with E-state index in [1.165, 1.54) is 24.2 Å². The molecule has 30 heavy (non-hydrogen) atoms. The quantitative estimate of drug-likeness (QED) is 0.650. The molecule has 0 aliphatic carbocycles. The fourth-order valence-electron chi connectivity index (χ4n) is 4.17. The number of amides is 1. The average molecular weight is 427 g/mol. The first-order valence-electron chi connectivity index (χ1n) is 10.4. The van der Waals surface area contributed by atoms with Crippen molar-refractivity contribution in [2.75, 3.05) is 32.8 Å². The highest BCUT2D eigenvalue weighted by molar-refractivity contribution is 7.12. The minimum absolute atomic E-state index is 0.160. The van der Waals surface area contributed by atoms with Gasteiger partial charge in [0.05, 0.1) is 23.1 Å². The first-order valence-corrected chi connectivity index (χ1v) is 11.3. The summed E-state index contributed by atoms with van der Waals surface area (Å²) >= 11 is 1.31. The van der Waals surface area contributed by atoms with Crippen LogP contribution in [0.15, 0.2) is 53.1 Å². The van der Waals surface area contributed by atoms with Crippen LogP contribution < -0.4 is 4.74 Å². The lowest BCUT2D eigenvalue weighted by molar-refractivity contribution is -0.129. The van der Waals surface area contributed by atoms with Crippen LogP contribution in [0.25, 0.3) is 0 Å². The minimum Gasteiger partial charge on any atom is -0.503 e. The Kier molecular flexibility index (Phi) is 6.20. The van der Waals surface area contributed by atoms with Gasteiger partial charge in [0.15, 0.2) is 5.76 Å². The number of carbonyl (C=O) groups excluding carboxylic acids is 2. The Morgan fingerprint density at radius 2 is 1.90 bits per heavy atom. The fourth-order valence-corrected chi connectivity index (χ4v) is 4.85. The van der Waals surface area contributed by atoms with E-state index in [4.69, 9.17) is 4.74 Å². The van der Waals surface area contributed by atoms with Gasteiger partial charge in [-0.25, -0.2) is 0 Å². The molecule has 3 heterocycles. The van der Waals surface area contributed by atoms with Gasteiger partial charge in [-0.3, -0.25) is 9.59 Å². The van der Waals surface area contributed by atoms with Gasteiger partial charge in [0.2, 0.25) is 5.78 Å². The molecule has 2 aliphatic heterocycles. The number of likely N-dealkylation sites (tertiary alicyclic amines) is 1. The number of aliphatic hydroxyl groups is 1. The zero-order valence-corrected chi connectivity index (χ0v) is 17.9. The minimum atomic E-state index is -0.606. The van der Waals surface area contributed by atoms with Gasteiger partial charge in [0.25, 0.3) is 5.91 Å². The van der Waals surface area contributed by atoms with E-state index in [1.807, 2.05) is 36.6 Å². The number of thiophene rings is 1. The van der Waals surface area contributed by atoms with Crippen molar-refractivity contribution < 1.29 is 19.4 Å². The standard InChI is InChI=1S/C23H26N2O4S/c1-2-29-17-9-7-16(8-10-17)20-19(21(26)18-6-5-15-30-18)22(27)23(28)25(20)14-13-24-11-3-4-12-24/h5-10,15,20,27H,2-4,11-14H2,1H3. The van der Waals surface area contributed by atoms with Crippen LogP contribution in [-0.2, 0) is 4.79 Å². The molecule has 0 bridgehead atoms. The predicted molar refractivity (Wildman–Crippen MR) is 116 cm³/mol. The van der Waals surface area contributed by atoms with Gasteiger partial charge in [-0.15, -0.1) is 11.3 Å². The Labute approximate surface area is 180 Å². The Balaban J connectivity index is 1.67. The first-order chi connectivity index (χ1) is 14.6. The van der Waals surface area contributed by atoms with Crippen LogP contribution in [0.5, 0.6) is 5.75 Å². The van der Waals surface area contributed by atoms with E-state index in [1.54, 1.807) is 17.0 Å². The van der Waals surface area contributed by atoms with Crippen molar-refractivity contribution in [2.45, 2.75) is 25.8 Å². The molecule has 0 saturated carbocycles. The largest absolute Gasteiger partial charge is 0.503 e. The number of ketones is 1. The highest BCUT2D eigenvalue weighted by Crippen LogP contribution is 2.39. The summed E-state index contributed by atoms with van der Waals surface area (Å²) in [5.74, 6) is -0.478. The van der Waals surface area contributed by atoms with Crippen LogP contribution in [-0.4, -0.2) is 59.4 Å². The van der Waals surface area contributed by atoms with Crippen LogP contribution in [0, 0.1) is 0 Å². The monoisotopic (exact) mass is 426 g/mol. The van der Waals surface area contributed by atoms with Crippen LogP contribution in [0.2, 0.25) is 0 Å². The molecule has 2 aromatic rings. The van der Waals surface area contributed by atoms with E-state index in [-0.39, 0.29) is 11.4 Å². The molecule has 1 saturated heterocycles. The molecule has 7 heteroatoms. The van der Waals surface area contributed by atoms with Gasteiger partial charge < -0.3 is 19.6 Å². The van der Waals surface area contributed by atoms with Crippen molar-refractivity contribution in [3.05, 3.63) is 63.6 Å².